The lowest BCUT2D eigenvalue weighted by molar-refractivity contribution is -0.312. The first-order valence-corrected chi connectivity index (χ1v) is 9.39. The van der Waals surface area contributed by atoms with Crippen molar-refractivity contribution in [2.75, 3.05) is 0 Å². The van der Waals surface area contributed by atoms with Gasteiger partial charge in [0.1, 0.15) is 11.9 Å². The molecule has 0 aromatic heterocycles. The van der Waals surface area contributed by atoms with Crippen LogP contribution in [0.1, 0.15) is 12.5 Å². The molecule has 0 bridgehead atoms. The number of hydrogen-bond acceptors (Lipinski definition) is 4. The van der Waals surface area contributed by atoms with Crippen molar-refractivity contribution in [3.05, 3.63) is 63.1 Å². The third-order valence-electron chi connectivity index (χ3n) is 2.88. The van der Waals surface area contributed by atoms with Crippen molar-refractivity contribution < 1.29 is 20.0 Å². The van der Waals surface area contributed by atoms with Crippen LogP contribution in [0.25, 0.3) is 0 Å². The van der Waals surface area contributed by atoms with Crippen molar-refractivity contribution in [1.82, 2.24) is 0 Å². The third-order valence-corrected chi connectivity index (χ3v) is 4.57. The fourth-order valence-electron chi connectivity index (χ4n) is 1.59. The monoisotopic (exact) mass is 434 g/mol. The first kappa shape index (κ1) is 22.4. The molecule has 4 N–H and O–H groups in total. The van der Waals surface area contributed by atoms with Crippen LogP contribution in [0.3, 0.4) is 0 Å². The van der Waals surface area contributed by atoms with Crippen LogP contribution in [-0.2, 0) is 10.5 Å². The summed E-state index contributed by atoms with van der Waals surface area (Å²) in [5.74, 6) is -0.300. The van der Waals surface area contributed by atoms with Gasteiger partial charge in [-0.25, -0.2) is 0 Å². The molecule has 1 atom stereocenters. The van der Waals surface area contributed by atoms with E-state index < -0.39 is 12.1 Å². The van der Waals surface area contributed by atoms with Crippen molar-refractivity contribution in [3.63, 3.8) is 0 Å². The Morgan fingerprint density at radius 2 is 1.88 bits per heavy atom. The summed E-state index contributed by atoms with van der Waals surface area (Å²) in [7, 11) is 0. The van der Waals surface area contributed by atoms with E-state index >= 15 is 0 Å². The molecule has 0 spiro atoms. The topological polar surface area (TPSA) is 101 Å². The van der Waals surface area contributed by atoms with Crippen molar-refractivity contribution in [2.24, 2.45) is 5.73 Å². The molecule has 0 saturated heterocycles. The predicted octanol–water partition coefficient (Wildman–Crippen LogP) is 2.16. The number of aliphatic carboxylic acids is 1. The van der Waals surface area contributed by atoms with E-state index in [1.807, 2.05) is 24.3 Å². The normalized spacial score (nSPS) is 11.1. The zero-order chi connectivity index (χ0) is 19.7. The van der Waals surface area contributed by atoms with E-state index in [1.165, 1.54) is 30.8 Å². The van der Waals surface area contributed by atoms with Crippen molar-refractivity contribution in [1.29, 1.82) is 0 Å². The molecule has 9 heteroatoms. The summed E-state index contributed by atoms with van der Waals surface area (Å²) in [4.78, 5) is 10.4. The first-order chi connectivity index (χ1) is 12.2. The van der Waals surface area contributed by atoms with Gasteiger partial charge in [-0.3, -0.25) is 11.1 Å². The summed E-state index contributed by atoms with van der Waals surface area (Å²) in [6.07, 6.45) is -1.05. The number of ether oxygens (including phenoxy) is 1. The number of rotatable bonds is 5. The molecule has 5 nitrogen and oxygen atoms in total. The van der Waals surface area contributed by atoms with Gasteiger partial charge in [-0.05, 0) is 48.5 Å². The molecule has 0 aliphatic rings. The highest BCUT2D eigenvalue weighted by Crippen LogP contribution is 2.28. The molecule has 140 valence electrons. The maximum atomic E-state index is 10.4. The summed E-state index contributed by atoms with van der Waals surface area (Å²) in [6, 6.07) is 12.2. The summed E-state index contributed by atoms with van der Waals surface area (Å²) >= 11 is 18.7. The average molecular weight is 436 g/mol. The van der Waals surface area contributed by atoms with Gasteiger partial charge in [0.05, 0.1) is 11.0 Å². The Kier molecular flexibility index (Phi) is 9.65. The van der Waals surface area contributed by atoms with Crippen LogP contribution in [0.5, 0.6) is 5.75 Å². The minimum atomic E-state index is -1.30. The molecular formula is C17H17Cl3N2O3S. The largest absolute Gasteiger partial charge is 0.546 e. The van der Waals surface area contributed by atoms with E-state index in [0.717, 1.165) is 16.3 Å². The number of carboxylic acids is 1. The number of carbonyl (C=O) groups is 1. The summed E-state index contributed by atoms with van der Waals surface area (Å²) in [6.45, 7) is 1.36. The molecule has 2 aromatic carbocycles. The Labute approximate surface area is 170 Å². The van der Waals surface area contributed by atoms with Crippen LogP contribution < -0.4 is 21.0 Å². The lowest BCUT2D eigenvalue weighted by Crippen LogP contribution is -2.43. The van der Waals surface area contributed by atoms with E-state index in [9.17, 15) is 9.90 Å². The molecule has 1 unspecified atom stereocenters. The molecule has 0 saturated carbocycles. The van der Waals surface area contributed by atoms with E-state index in [-0.39, 0.29) is 10.8 Å². The van der Waals surface area contributed by atoms with Crippen molar-refractivity contribution in [2.45, 2.75) is 18.8 Å². The maximum absolute atomic E-state index is 10.4. The van der Waals surface area contributed by atoms with Gasteiger partial charge < -0.3 is 14.6 Å². The Balaban J connectivity index is 0.000000263. The average Bonchev–Trinajstić information content (AvgIpc) is 2.57. The second kappa shape index (κ2) is 11.2. The van der Waals surface area contributed by atoms with E-state index in [1.54, 1.807) is 6.07 Å². The fourth-order valence-corrected chi connectivity index (χ4v) is 2.89. The second-order valence-corrected chi connectivity index (χ2v) is 7.24. The lowest BCUT2D eigenvalue weighted by atomic mass is 10.2. The first-order valence-electron chi connectivity index (χ1n) is 7.27. The zero-order valence-electron chi connectivity index (χ0n) is 13.7. The van der Waals surface area contributed by atoms with Crippen LogP contribution in [0, 0.1) is 0 Å². The van der Waals surface area contributed by atoms with Gasteiger partial charge in [0.25, 0.3) is 5.17 Å². The molecule has 2 rings (SSSR count). The highest BCUT2D eigenvalue weighted by Gasteiger charge is 2.08. The minimum absolute atomic E-state index is 0.269. The van der Waals surface area contributed by atoms with Gasteiger partial charge in [0.2, 0.25) is 0 Å². The highest BCUT2D eigenvalue weighted by atomic mass is 35.5. The van der Waals surface area contributed by atoms with Gasteiger partial charge in [-0.1, -0.05) is 53.0 Å². The van der Waals surface area contributed by atoms with Gasteiger partial charge in [-0.15, -0.1) is 0 Å². The van der Waals surface area contributed by atoms with Gasteiger partial charge in [-0.2, -0.15) is 0 Å². The SMILES string of the molecule is CC(Oc1ccc(Cl)cc1Cl)C(=O)[O-].NC(=[NH2+])SCc1ccccc1Cl. The Morgan fingerprint density at radius 1 is 1.23 bits per heavy atom. The number of amidine groups is 1. The zero-order valence-corrected chi connectivity index (χ0v) is 16.8. The number of carbonyl (C=O) groups excluding carboxylic acids is 1. The fraction of sp³-hybridized carbons (Fsp3) is 0.176. The van der Waals surface area contributed by atoms with Crippen LogP contribution in [0.15, 0.2) is 42.5 Å². The third kappa shape index (κ3) is 8.19. The summed E-state index contributed by atoms with van der Waals surface area (Å²) in [5.41, 5.74) is 6.36. The quantitative estimate of drug-likeness (QED) is 0.553. The smallest absolute Gasteiger partial charge is 0.300 e. The molecule has 0 radical (unpaired) electrons. The number of thioether (sulfide) groups is 1. The lowest BCUT2D eigenvalue weighted by Gasteiger charge is -2.16. The van der Waals surface area contributed by atoms with E-state index in [0.29, 0.717) is 10.2 Å². The minimum Gasteiger partial charge on any atom is -0.546 e. The molecule has 26 heavy (non-hydrogen) atoms. The maximum Gasteiger partial charge on any atom is 0.300 e. The highest BCUT2D eigenvalue weighted by molar-refractivity contribution is 8.12. The number of benzene rings is 2. The van der Waals surface area contributed by atoms with Crippen molar-refractivity contribution in [3.8, 4) is 5.75 Å². The molecule has 0 aliphatic heterocycles. The Morgan fingerprint density at radius 3 is 2.42 bits per heavy atom. The van der Waals surface area contributed by atoms with E-state index in [4.69, 9.17) is 50.7 Å². The summed E-state index contributed by atoms with van der Waals surface area (Å²) < 4.78 is 5.01. The molecular weight excluding hydrogens is 419 g/mol. The Hall–Kier alpha value is -1.60. The van der Waals surface area contributed by atoms with E-state index in [2.05, 4.69) is 0 Å². The number of nitrogens with two attached hydrogens (primary N) is 2. The molecule has 2 aromatic rings. The van der Waals surface area contributed by atoms with Gasteiger partial charge in [0.15, 0.2) is 0 Å². The molecule has 0 fully saturated rings. The predicted molar refractivity (Wildman–Crippen MR) is 105 cm³/mol. The molecule has 0 heterocycles. The van der Waals surface area contributed by atoms with Gasteiger partial charge in [0, 0.05) is 15.8 Å². The van der Waals surface area contributed by atoms with Crippen LogP contribution >= 0.6 is 46.6 Å². The summed E-state index contributed by atoms with van der Waals surface area (Å²) in [5, 5.41) is 17.5. The molecule has 0 amide bonds. The number of hydrogen-bond donors (Lipinski definition) is 2. The standard InChI is InChI=1S/C9H8Cl2O3.C8H9ClN2S/c1-5(9(12)13)14-8-3-2-6(10)4-7(8)11;9-7-4-2-1-3-6(7)5-12-8(10)11/h2-5H,1H3,(H,12,13);1-4H,5H2,(H3,10,11). The van der Waals surface area contributed by atoms with Gasteiger partial charge >= 0.3 is 0 Å². The van der Waals surface area contributed by atoms with Crippen molar-refractivity contribution >= 4 is 57.7 Å². The Bertz CT molecular complexity index is 775. The second-order valence-electron chi connectivity index (χ2n) is 4.94. The van der Waals surface area contributed by atoms with Crippen LogP contribution in [0.2, 0.25) is 15.1 Å². The number of halogens is 3. The number of carboxylic acid groups (broad SMARTS) is 1. The van der Waals surface area contributed by atoms with Crippen LogP contribution in [0.4, 0.5) is 0 Å². The van der Waals surface area contributed by atoms with Crippen LogP contribution in [-0.4, -0.2) is 17.2 Å². The molecule has 0 aliphatic carbocycles.